The van der Waals surface area contributed by atoms with Gasteiger partial charge in [0.2, 0.25) is 0 Å². The lowest BCUT2D eigenvalue weighted by molar-refractivity contribution is -0.0384. The molecule has 5 nitrogen and oxygen atoms in total. The fourth-order valence-electron chi connectivity index (χ4n) is 1.89. The number of hydrogen-bond acceptors (Lipinski definition) is 6. The summed E-state index contributed by atoms with van der Waals surface area (Å²) in [4.78, 5) is 6.54. The van der Waals surface area contributed by atoms with E-state index in [1.165, 1.54) is 0 Å². The van der Waals surface area contributed by atoms with E-state index in [0.717, 1.165) is 31.1 Å². The Kier molecular flexibility index (Phi) is 4.25. The summed E-state index contributed by atoms with van der Waals surface area (Å²) >= 11 is 1.66. The lowest BCUT2D eigenvalue weighted by Gasteiger charge is -2.34. The number of hydrazine groups is 1. The third-order valence-corrected chi connectivity index (χ3v) is 3.64. The van der Waals surface area contributed by atoms with Crippen molar-refractivity contribution < 1.29 is 4.74 Å². The van der Waals surface area contributed by atoms with E-state index in [1.807, 2.05) is 11.6 Å². The van der Waals surface area contributed by atoms with Gasteiger partial charge in [0.25, 0.3) is 0 Å². The fourth-order valence-corrected chi connectivity index (χ4v) is 2.57. The minimum absolute atomic E-state index is 0.133. The standard InChI is InChI=1S/C10H18N4OS/c1-14-3-4-15-9(7-14)8(13-11)6-10-12-2-5-16-10/h2,5,8-9,13H,3-4,6-7,11H2,1H3. The van der Waals surface area contributed by atoms with E-state index in [9.17, 15) is 0 Å². The molecule has 0 spiro atoms. The van der Waals surface area contributed by atoms with Gasteiger partial charge in [-0.3, -0.25) is 11.3 Å². The van der Waals surface area contributed by atoms with Gasteiger partial charge in [0.1, 0.15) is 0 Å². The Balaban J connectivity index is 1.93. The van der Waals surface area contributed by atoms with E-state index in [-0.39, 0.29) is 12.1 Å². The molecule has 1 fully saturated rings. The van der Waals surface area contributed by atoms with Gasteiger partial charge in [-0.25, -0.2) is 4.98 Å². The van der Waals surface area contributed by atoms with E-state index in [1.54, 1.807) is 11.3 Å². The molecule has 0 saturated carbocycles. The van der Waals surface area contributed by atoms with Crippen LogP contribution in [0.2, 0.25) is 0 Å². The number of rotatable bonds is 4. The second-order valence-electron chi connectivity index (χ2n) is 4.07. The first-order chi connectivity index (χ1) is 7.79. The third kappa shape index (κ3) is 2.99. The number of thiazole rings is 1. The smallest absolute Gasteiger partial charge is 0.0941 e. The molecule has 1 aromatic rings. The van der Waals surface area contributed by atoms with Crippen molar-refractivity contribution in [3.05, 3.63) is 16.6 Å². The lowest BCUT2D eigenvalue weighted by atomic mass is 10.1. The molecule has 2 atom stereocenters. The maximum atomic E-state index is 5.74. The van der Waals surface area contributed by atoms with Crippen LogP contribution in [0, 0.1) is 0 Å². The number of likely N-dealkylation sites (N-methyl/N-ethyl adjacent to an activating group) is 1. The molecule has 2 unspecified atom stereocenters. The lowest BCUT2D eigenvalue weighted by Crippen LogP contribution is -2.54. The summed E-state index contributed by atoms with van der Waals surface area (Å²) in [6, 6.07) is 0.133. The summed E-state index contributed by atoms with van der Waals surface area (Å²) in [5.41, 5.74) is 2.85. The number of nitrogens with two attached hydrogens (primary N) is 1. The zero-order chi connectivity index (χ0) is 11.4. The first-order valence-electron chi connectivity index (χ1n) is 5.44. The van der Waals surface area contributed by atoms with Crippen molar-refractivity contribution >= 4 is 11.3 Å². The quantitative estimate of drug-likeness (QED) is 0.568. The zero-order valence-corrected chi connectivity index (χ0v) is 10.2. The van der Waals surface area contributed by atoms with E-state index in [2.05, 4.69) is 22.4 Å². The normalized spacial score (nSPS) is 24.5. The Hall–Kier alpha value is -0.530. The van der Waals surface area contributed by atoms with Gasteiger partial charge in [-0.05, 0) is 7.05 Å². The molecule has 1 saturated heterocycles. The van der Waals surface area contributed by atoms with Crippen molar-refractivity contribution in [2.45, 2.75) is 18.6 Å². The minimum Gasteiger partial charge on any atom is -0.374 e. The summed E-state index contributed by atoms with van der Waals surface area (Å²) in [5, 5.41) is 3.08. The fraction of sp³-hybridized carbons (Fsp3) is 0.700. The van der Waals surface area contributed by atoms with Gasteiger partial charge in [-0.1, -0.05) is 0 Å². The molecular weight excluding hydrogens is 224 g/mol. The maximum absolute atomic E-state index is 5.74. The number of aromatic nitrogens is 1. The average molecular weight is 242 g/mol. The molecule has 0 aliphatic carbocycles. The van der Waals surface area contributed by atoms with Crippen molar-refractivity contribution in [1.29, 1.82) is 0 Å². The number of nitrogens with one attached hydrogen (secondary N) is 1. The summed E-state index contributed by atoms with van der Waals surface area (Å²) < 4.78 is 5.74. The van der Waals surface area contributed by atoms with Crippen molar-refractivity contribution in [2.75, 3.05) is 26.7 Å². The van der Waals surface area contributed by atoms with E-state index in [0.29, 0.717) is 0 Å². The summed E-state index contributed by atoms with van der Waals surface area (Å²) in [7, 11) is 2.10. The Labute approximate surface area is 99.6 Å². The molecule has 1 aliphatic rings. The number of nitrogens with zero attached hydrogens (tertiary/aromatic N) is 2. The van der Waals surface area contributed by atoms with Crippen LogP contribution >= 0.6 is 11.3 Å². The molecule has 1 aromatic heterocycles. The van der Waals surface area contributed by atoms with Crippen LogP contribution in [0.5, 0.6) is 0 Å². The Morgan fingerprint density at radius 1 is 1.81 bits per heavy atom. The molecule has 3 N–H and O–H groups in total. The van der Waals surface area contributed by atoms with Crippen molar-refractivity contribution in [2.24, 2.45) is 5.84 Å². The van der Waals surface area contributed by atoms with E-state index < -0.39 is 0 Å². The Morgan fingerprint density at radius 3 is 3.31 bits per heavy atom. The molecule has 2 heterocycles. The van der Waals surface area contributed by atoms with Crippen molar-refractivity contribution in [1.82, 2.24) is 15.3 Å². The highest BCUT2D eigenvalue weighted by molar-refractivity contribution is 7.09. The predicted octanol–water partition coefficient (Wildman–Crippen LogP) is -0.152. The van der Waals surface area contributed by atoms with Crippen molar-refractivity contribution in [3.63, 3.8) is 0 Å². The van der Waals surface area contributed by atoms with Crippen LogP contribution in [-0.2, 0) is 11.2 Å². The summed E-state index contributed by atoms with van der Waals surface area (Å²) in [5.74, 6) is 5.59. The molecule has 2 rings (SSSR count). The Morgan fingerprint density at radius 2 is 2.69 bits per heavy atom. The Bertz CT molecular complexity index is 306. The van der Waals surface area contributed by atoms with Gasteiger partial charge < -0.3 is 9.64 Å². The molecule has 0 amide bonds. The molecule has 16 heavy (non-hydrogen) atoms. The van der Waals surface area contributed by atoms with Crippen LogP contribution in [-0.4, -0.2) is 48.8 Å². The van der Waals surface area contributed by atoms with Crippen LogP contribution in [0.4, 0.5) is 0 Å². The summed E-state index contributed by atoms with van der Waals surface area (Å²) in [6.45, 7) is 2.68. The van der Waals surface area contributed by atoms with Gasteiger partial charge in [0, 0.05) is 31.1 Å². The largest absolute Gasteiger partial charge is 0.374 e. The van der Waals surface area contributed by atoms with Crippen LogP contribution in [0.25, 0.3) is 0 Å². The highest BCUT2D eigenvalue weighted by atomic mass is 32.1. The molecule has 1 aliphatic heterocycles. The average Bonchev–Trinajstić information content (AvgIpc) is 2.78. The van der Waals surface area contributed by atoms with Crippen LogP contribution < -0.4 is 11.3 Å². The monoisotopic (exact) mass is 242 g/mol. The first-order valence-corrected chi connectivity index (χ1v) is 6.32. The molecule has 6 heteroatoms. The van der Waals surface area contributed by atoms with Gasteiger partial charge in [-0.15, -0.1) is 11.3 Å². The number of hydrogen-bond donors (Lipinski definition) is 2. The highest BCUT2D eigenvalue weighted by Gasteiger charge is 2.26. The molecule has 0 radical (unpaired) electrons. The number of morpholine rings is 1. The second-order valence-corrected chi connectivity index (χ2v) is 5.05. The van der Waals surface area contributed by atoms with Gasteiger partial charge in [0.15, 0.2) is 0 Å². The molecule has 90 valence electrons. The van der Waals surface area contributed by atoms with Crippen LogP contribution in [0.1, 0.15) is 5.01 Å². The van der Waals surface area contributed by atoms with Crippen LogP contribution in [0.15, 0.2) is 11.6 Å². The van der Waals surface area contributed by atoms with Gasteiger partial charge in [0.05, 0.1) is 23.8 Å². The topological polar surface area (TPSA) is 63.4 Å². The SMILES string of the molecule is CN1CCOC(C(Cc2nccs2)NN)C1. The predicted molar refractivity (Wildman–Crippen MR) is 64.2 cm³/mol. The zero-order valence-electron chi connectivity index (χ0n) is 9.43. The first kappa shape index (κ1) is 11.9. The van der Waals surface area contributed by atoms with Crippen LogP contribution in [0.3, 0.4) is 0 Å². The van der Waals surface area contributed by atoms with Crippen molar-refractivity contribution in [3.8, 4) is 0 Å². The molecular formula is C10H18N4OS. The summed E-state index contributed by atoms with van der Waals surface area (Å²) in [6.07, 6.45) is 2.79. The molecule has 0 bridgehead atoms. The van der Waals surface area contributed by atoms with E-state index in [4.69, 9.17) is 10.6 Å². The van der Waals surface area contributed by atoms with E-state index >= 15 is 0 Å². The maximum Gasteiger partial charge on any atom is 0.0941 e. The third-order valence-electron chi connectivity index (χ3n) is 2.84. The highest BCUT2D eigenvalue weighted by Crippen LogP contribution is 2.13. The number of ether oxygens (including phenoxy) is 1. The van der Waals surface area contributed by atoms with Gasteiger partial charge in [-0.2, -0.15) is 0 Å². The minimum atomic E-state index is 0.133. The second kappa shape index (κ2) is 5.70. The van der Waals surface area contributed by atoms with Gasteiger partial charge >= 0.3 is 0 Å². The molecule has 0 aromatic carbocycles.